The van der Waals surface area contributed by atoms with E-state index in [1.807, 2.05) is 0 Å². The predicted octanol–water partition coefficient (Wildman–Crippen LogP) is 3.53. The molecule has 14 heavy (non-hydrogen) atoms. The van der Waals surface area contributed by atoms with Crippen molar-refractivity contribution in [3.8, 4) is 6.07 Å². The SMILES string of the molecule is CC(Cl)[C@@H](C#N)O[Si](C)(C)C(C)(C)C. The minimum atomic E-state index is -1.86. The van der Waals surface area contributed by atoms with Crippen molar-refractivity contribution >= 4 is 19.9 Å². The summed E-state index contributed by atoms with van der Waals surface area (Å²) in [6.45, 7) is 12.5. The zero-order chi connectivity index (χ0) is 11.6. The van der Waals surface area contributed by atoms with E-state index in [4.69, 9.17) is 21.3 Å². The average molecular weight is 234 g/mol. The van der Waals surface area contributed by atoms with Gasteiger partial charge in [0.1, 0.15) is 6.10 Å². The molecule has 0 aromatic carbocycles. The molecule has 0 bridgehead atoms. The van der Waals surface area contributed by atoms with Gasteiger partial charge in [0.2, 0.25) is 0 Å². The quantitative estimate of drug-likeness (QED) is 0.552. The van der Waals surface area contributed by atoms with Crippen LogP contribution < -0.4 is 0 Å². The monoisotopic (exact) mass is 233 g/mol. The van der Waals surface area contributed by atoms with Gasteiger partial charge in [-0.25, -0.2) is 0 Å². The van der Waals surface area contributed by atoms with Crippen LogP contribution in [0.4, 0.5) is 0 Å². The maximum atomic E-state index is 8.89. The van der Waals surface area contributed by atoms with Crippen molar-refractivity contribution in [3.63, 3.8) is 0 Å². The molecule has 0 amide bonds. The Kier molecular flexibility index (Phi) is 4.64. The van der Waals surface area contributed by atoms with Gasteiger partial charge in [0.15, 0.2) is 8.32 Å². The lowest BCUT2D eigenvalue weighted by atomic mass is 10.2. The number of hydrogen-bond acceptors (Lipinski definition) is 2. The Morgan fingerprint density at radius 1 is 1.36 bits per heavy atom. The van der Waals surface area contributed by atoms with Crippen LogP contribution in [-0.4, -0.2) is 19.8 Å². The smallest absolute Gasteiger partial charge is 0.193 e. The van der Waals surface area contributed by atoms with Crippen LogP contribution in [0.3, 0.4) is 0 Å². The summed E-state index contributed by atoms with van der Waals surface area (Å²) in [4.78, 5) is 0. The normalized spacial score (nSPS) is 17.3. The minimum absolute atomic E-state index is 0.119. The van der Waals surface area contributed by atoms with E-state index in [2.05, 4.69) is 39.9 Å². The highest BCUT2D eigenvalue weighted by atomic mass is 35.5. The highest BCUT2D eigenvalue weighted by Gasteiger charge is 2.40. The molecule has 4 heteroatoms. The number of nitriles is 1. The average Bonchev–Trinajstić information content (AvgIpc) is 1.97. The standard InChI is InChI=1S/C10H20ClNOSi/c1-8(11)9(7-12)13-14(5,6)10(2,3)4/h8-9H,1-6H3/t8?,9-/m1/s1. The van der Waals surface area contributed by atoms with Crippen LogP contribution >= 0.6 is 11.6 Å². The molecule has 0 aromatic rings. The number of rotatable bonds is 3. The Labute approximate surface area is 93.3 Å². The van der Waals surface area contributed by atoms with Crippen molar-refractivity contribution in [2.24, 2.45) is 0 Å². The molecule has 0 saturated carbocycles. The van der Waals surface area contributed by atoms with Gasteiger partial charge in [-0.1, -0.05) is 20.8 Å². The number of nitrogens with zero attached hydrogens (tertiary/aromatic N) is 1. The maximum absolute atomic E-state index is 8.89. The van der Waals surface area contributed by atoms with E-state index in [0.717, 1.165) is 0 Å². The van der Waals surface area contributed by atoms with Gasteiger partial charge in [-0.05, 0) is 25.1 Å². The summed E-state index contributed by atoms with van der Waals surface area (Å²) in [6.07, 6.45) is -0.488. The molecule has 82 valence electrons. The molecule has 0 aromatic heterocycles. The molecular formula is C10H20ClNOSi. The molecule has 0 spiro atoms. The number of alkyl halides is 1. The van der Waals surface area contributed by atoms with Crippen molar-refractivity contribution < 1.29 is 4.43 Å². The largest absolute Gasteiger partial charge is 0.400 e. The molecule has 2 nitrogen and oxygen atoms in total. The fourth-order valence-corrected chi connectivity index (χ4v) is 2.16. The van der Waals surface area contributed by atoms with E-state index in [1.165, 1.54) is 0 Å². The molecule has 0 saturated heterocycles. The number of hydrogen-bond donors (Lipinski definition) is 0. The Hall–Kier alpha value is -0.0431. The van der Waals surface area contributed by atoms with Gasteiger partial charge in [-0.2, -0.15) is 5.26 Å². The van der Waals surface area contributed by atoms with E-state index >= 15 is 0 Å². The Balaban J connectivity index is 4.59. The van der Waals surface area contributed by atoms with E-state index in [1.54, 1.807) is 6.92 Å². The van der Waals surface area contributed by atoms with E-state index in [0.29, 0.717) is 0 Å². The second-order valence-corrected chi connectivity index (χ2v) is 10.6. The number of halogens is 1. The van der Waals surface area contributed by atoms with Crippen molar-refractivity contribution in [2.45, 2.75) is 57.3 Å². The zero-order valence-corrected chi connectivity index (χ0v) is 11.6. The van der Waals surface area contributed by atoms with E-state index in [-0.39, 0.29) is 10.4 Å². The summed E-state index contributed by atoms with van der Waals surface area (Å²) >= 11 is 5.87. The van der Waals surface area contributed by atoms with Gasteiger partial charge in [-0.15, -0.1) is 11.6 Å². The van der Waals surface area contributed by atoms with Crippen LogP contribution in [0.2, 0.25) is 18.1 Å². The fourth-order valence-electron chi connectivity index (χ4n) is 0.717. The van der Waals surface area contributed by atoms with Crippen molar-refractivity contribution in [3.05, 3.63) is 0 Å². The molecule has 2 atom stereocenters. The molecule has 0 heterocycles. The first kappa shape index (κ1) is 14.0. The summed E-state index contributed by atoms with van der Waals surface area (Å²) in [6, 6.07) is 2.11. The first-order chi connectivity index (χ1) is 6.12. The predicted molar refractivity (Wildman–Crippen MR) is 63.0 cm³/mol. The topological polar surface area (TPSA) is 33.0 Å². The van der Waals surface area contributed by atoms with Crippen LogP contribution in [0.5, 0.6) is 0 Å². The van der Waals surface area contributed by atoms with Crippen molar-refractivity contribution in [1.82, 2.24) is 0 Å². The van der Waals surface area contributed by atoms with Crippen LogP contribution in [-0.2, 0) is 4.43 Å². The second-order valence-electron chi connectivity index (χ2n) is 5.11. The van der Waals surface area contributed by atoms with Crippen molar-refractivity contribution in [1.29, 1.82) is 5.26 Å². The molecule has 0 N–H and O–H groups in total. The fraction of sp³-hybridized carbons (Fsp3) is 0.900. The van der Waals surface area contributed by atoms with E-state index < -0.39 is 14.4 Å². The molecule has 0 aliphatic rings. The van der Waals surface area contributed by atoms with E-state index in [9.17, 15) is 0 Å². The summed E-state index contributed by atoms with van der Waals surface area (Å²) < 4.78 is 5.86. The van der Waals surface area contributed by atoms with Gasteiger partial charge in [0.05, 0.1) is 11.4 Å². The van der Waals surface area contributed by atoms with Gasteiger partial charge in [0.25, 0.3) is 0 Å². The summed E-state index contributed by atoms with van der Waals surface area (Å²) in [5.41, 5.74) is 0. The Morgan fingerprint density at radius 2 is 1.79 bits per heavy atom. The summed E-state index contributed by atoms with van der Waals surface area (Å²) in [5.74, 6) is 0. The third-order valence-corrected chi connectivity index (χ3v) is 7.46. The van der Waals surface area contributed by atoms with Gasteiger partial charge in [0, 0.05) is 0 Å². The lowest BCUT2D eigenvalue weighted by Gasteiger charge is -2.38. The molecular weight excluding hydrogens is 214 g/mol. The van der Waals surface area contributed by atoms with Crippen molar-refractivity contribution in [2.75, 3.05) is 0 Å². The zero-order valence-electron chi connectivity index (χ0n) is 9.89. The van der Waals surface area contributed by atoms with Crippen LogP contribution in [0.25, 0.3) is 0 Å². The summed E-state index contributed by atoms with van der Waals surface area (Å²) in [5, 5.41) is 8.75. The molecule has 0 aliphatic heterocycles. The first-order valence-electron chi connectivity index (χ1n) is 4.83. The highest BCUT2D eigenvalue weighted by Crippen LogP contribution is 2.37. The van der Waals surface area contributed by atoms with Crippen LogP contribution in [0, 0.1) is 11.3 Å². The molecule has 1 unspecified atom stereocenters. The third-order valence-electron chi connectivity index (χ3n) is 2.77. The van der Waals surface area contributed by atoms with Gasteiger partial charge >= 0.3 is 0 Å². The minimum Gasteiger partial charge on any atom is -0.400 e. The Bertz CT molecular complexity index is 227. The lowest BCUT2D eigenvalue weighted by molar-refractivity contribution is 0.230. The van der Waals surface area contributed by atoms with Gasteiger partial charge < -0.3 is 4.43 Å². The highest BCUT2D eigenvalue weighted by molar-refractivity contribution is 6.74. The van der Waals surface area contributed by atoms with Crippen LogP contribution in [0.1, 0.15) is 27.7 Å². The molecule has 0 radical (unpaired) electrons. The molecule has 0 rings (SSSR count). The van der Waals surface area contributed by atoms with Crippen LogP contribution in [0.15, 0.2) is 0 Å². The maximum Gasteiger partial charge on any atom is 0.193 e. The molecule has 0 fully saturated rings. The third kappa shape index (κ3) is 3.60. The second kappa shape index (κ2) is 4.65. The summed E-state index contributed by atoms with van der Waals surface area (Å²) in [7, 11) is -1.86. The molecule has 0 aliphatic carbocycles. The Morgan fingerprint density at radius 3 is 2.00 bits per heavy atom. The first-order valence-corrected chi connectivity index (χ1v) is 8.18. The van der Waals surface area contributed by atoms with Gasteiger partial charge in [-0.3, -0.25) is 0 Å². The lowest BCUT2D eigenvalue weighted by Crippen LogP contribution is -2.45.